The molecule has 78 valence electrons. The summed E-state index contributed by atoms with van der Waals surface area (Å²) in [4.78, 5) is 0. The van der Waals surface area contributed by atoms with Gasteiger partial charge in [-0.1, -0.05) is 13.8 Å². The largest absolute Gasteiger partial charge is 0.379 e. The second-order valence-electron chi connectivity index (χ2n) is 3.80. The van der Waals surface area contributed by atoms with Crippen LogP contribution in [-0.2, 0) is 4.74 Å². The molecule has 0 radical (unpaired) electrons. The van der Waals surface area contributed by atoms with E-state index in [4.69, 9.17) is 4.74 Å². The molecule has 1 fully saturated rings. The van der Waals surface area contributed by atoms with E-state index in [-0.39, 0.29) is 0 Å². The fourth-order valence-corrected chi connectivity index (χ4v) is 3.01. The van der Waals surface area contributed by atoms with Crippen LogP contribution in [0.5, 0.6) is 0 Å². The molecule has 0 bridgehead atoms. The molecule has 1 saturated heterocycles. The van der Waals surface area contributed by atoms with Crippen molar-refractivity contribution in [2.24, 2.45) is 0 Å². The highest BCUT2D eigenvalue weighted by Crippen LogP contribution is 2.26. The van der Waals surface area contributed by atoms with E-state index in [1.165, 1.54) is 6.42 Å². The number of nitrogens with one attached hydrogen (secondary N) is 1. The minimum Gasteiger partial charge on any atom is -0.379 e. The molecule has 3 heteroatoms. The third-order valence-electron chi connectivity index (χ3n) is 2.27. The first-order valence-electron chi connectivity index (χ1n) is 5.19. The van der Waals surface area contributed by atoms with E-state index < -0.39 is 0 Å². The van der Waals surface area contributed by atoms with E-state index in [0.29, 0.717) is 6.04 Å². The fraction of sp³-hybridized carbons (Fsp3) is 1.00. The Labute approximate surface area is 85.8 Å². The van der Waals surface area contributed by atoms with Crippen molar-refractivity contribution in [3.8, 4) is 0 Å². The molecule has 0 aromatic carbocycles. The topological polar surface area (TPSA) is 21.3 Å². The van der Waals surface area contributed by atoms with Crippen LogP contribution >= 0.6 is 11.8 Å². The quantitative estimate of drug-likeness (QED) is 0.712. The molecular formula is C10H21NOS. The van der Waals surface area contributed by atoms with E-state index in [1.54, 1.807) is 0 Å². The van der Waals surface area contributed by atoms with Crippen molar-refractivity contribution in [2.75, 3.05) is 19.8 Å². The minimum absolute atomic E-state index is 0.647. The Morgan fingerprint density at radius 2 is 2.15 bits per heavy atom. The van der Waals surface area contributed by atoms with Gasteiger partial charge in [0.15, 0.2) is 0 Å². The van der Waals surface area contributed by atoms with Crippen LogP contribution in [0.4, 0.5) is 0 Å². The summed E-state index contributed by atoms with van der Waals surface area (Å²) < 4.78 is 5.15. The third-order valence-corrected chi connectivity index (χ3v) is 3.58. The van der Waals surface area contributed by atoms with E-state index in [9.17, 15) is 0 Å². The Balaban J connectivity index is 2.04. The molecule has 0 amide bonds. The number of hydrogen-bond donors (Lipinski definition) is 1. The molecule has 1 aliphatic heterocycles. The SMILES string of the molecule is CCNC(C)CC(C)SC1COC1. The summed E-state index contributed by atoms with van der Waals surface area (Å²) in [5.74, 6) is 0. The molecule has 0 aromatic rings. The number of thioether (sulfide) groups is 1. The van der Waals surface area contributed by atoms with E-state index >= 15 is 0 Å². The lowest BCUT2D eigenvalue weighted by atomic mass is 10.2. The van der Waals surface area contributed by atoms with Crippen molar-refractivity contribution < 1.29 is 4.74 Å². The molecule has 0 saturated carbocycles. The average molecular weight is 203 g/mol. The van der Waals surface area contributed by atoms with Crippen LogP contribution in [0.15, 0.2) is 0 Å². The Kier molecular flexibility index (Phi) is 5.14. The molecule has 2 nitrogen and oxygen atoms in total. The van der Waals surface area contributed by atoms with Crippen LogP contribution < -0.4 is 5.32 Å². The monoisotopic (exact) mass is 203 g/mol. The highest BCUT2D eigenvalue weighted by molar-refractivity contribution is 8.00. The minimum atomic E-state index is 0.647. The zero-order valence-electron chi connectivity index (χ0n) is 8.88. The first-order valence-corrected chi connectivity index (χ1v) is 6.13. The Hall–Kier alpha value is 0.270. The van der Waals surface area contributed by atoms with Gasteiger partial charge in [-0.05, 0) is 19.9 Å². The molecule has 2 unspecified atom stereocenters. The van der Waals surface area contributed by atoms with Crippen molar-refractivity contribution in [2.45, 2.75) is 43.7 Å². The van der Waals surface area contributed by atoms with Crippen LogP contribution in [0.25, 0.3) is 0 Å². The van der Waals surface area contributed by atoms with Crippen molar-refractivity contribution in [1.29, 1.82) is 0 Å². The highest BCUT2D eigenvalue weighted by atomic mass is 32.2. The Bertz CT molecular complexity index is 139. The summed E-state index contributed by atoms with van der Waals surface area (Å²) in [5.41, 5.74) is 0. The third kappa shape index (κ3) is 4.34. The zero-order chi connectivity index (χ0) is 9.68. The van der Waals surface area contributed by atoms with Gasteiger partial charge in [0.2, 0.25) is 0 Å². The molecule has 1 aliphatic rings. The zero-order valence-corrected chi connectivity index (χ0v) is 9.69. The summed E-state index contributed by atoms with van der Waals surface area (Å²) >= 11 is 2.08. The lowest BCUT2D eigenvalue weighted by Crippen LogP contribution is -2.34. The number of ether oxygens (including phenoxy) is 1. The van der Waals surface area contributed by atoms with Crippen LogP contribution in [-0.4, -0.2) is 36.3 Å². The predicted octanol–water partition coefficient (Wildman–Crippen LogP) is 1.90. The second kappa shape index (κ2) is 5.89. The molecule has 0 spiro atoms. The Morgan fingerprint density at radius 3 is 2.62 bits per heavy atom. The summed E-state index contributed by atoms with van der Waals surface area (Å²) in [7, 11) is 0. The predicted molar refractivity (Wildman–Crippen MR) is 59.4 cm³/mol. The summed E-state index contributed by atoms with van der Waals surface area (Å²) in [6.07, 6.45) is 1.26. The van der Waals surface area contributed by atoms with Gasteiger partial charge in [0.1, 0.15) is 0 Å². The molecule has 1 heterocycles. The van der Waals surface area contributed by atoms with Crippen LogP contribution in [0.2, 0.25) is 0 Å². The normalized spacial score (nSPS) is 22.4. The van der Waals surface area contributed by atoms with Crippen LogP contribution in [0.1, 0.15) is 27.2 Å². The maximum absolute atomic E-state index is 5.15. The van der Waals surface area contributed by atoms with Gasteiger partial charge in [0.05, 0.1) is 18.5 Å². The maximum Gasteiger partial charge on any atom is 0.0608 e. The van der Waals surface area contributed by atoms with Crippen molar-refractivity contribution in [1.82, 2.24) is 5.32 Å². The van der Waals surface area contributed by atoms with Crippen LogP contribution in [0.3, 0.4) is 0 Å². The van der Waals surface area contributed by atoms with Crippen molar-refractivity contribution >= 4 is 11.8 Å². The molecule has 13 heavy (non-hydrogen) atoms. The summed E-state index contributed by atoms with van der Waals surface area (Å²) in [6, 6.07) is 0.647. The van der Waals surface area contributed by atoms with Crippen LogP contribution in [0, 0.1) is 0 Å². The van der Waals surface area contributed by atoms with Crippen molar-refractivity contribution in [3.05, 3.63) is 0 Å². The molecule has 1 N–H and O–H groups in total. The van der Waals surface area contributed by atoms with E-state index in [1.807, 2.05) is 0 Å². The number of rotatable bonds is 6. The molecular weight excluding hydrogens is 182 g/mol. The van der Waals surface area contributed by atoms with E-state index in [0.717, 1.165) is 30.3 Å². The molecule has 1 rings (SSSR count). The smallest absolute Gasteiger partial charge is 0.0608 e. The lowest BCUT2D eigenvalue weighted by molar-refractivity contribution is 0.0453. The molecule has 2 atom stereocenters. The highest BCUT2D eigenvalue weighted by Gasteiger charge is 2.22. The second-order valence-corrected chi connectivity index (χ2v) is 5.54. The van der Waals surface area contributed by atoms with Gasteiger partial charge in [0, 0.05) is 11.3 Å². The molecule has 0 aliphatic carbocycles. The van der Waals surface area contributed by atoms with Crippen molar-refractivity contribution in [3.63, 3.8) is 0 Å². The standard InChI is InChI=1S/C10H21NOS/c1-4-11-8(2)5-9(3)13-10-6-12-7-10/h8-11H,4-7H2,1-3H3. The first-order chi connectivity index (χ1) is 6.22. The van der Waals surface area contributed by atoms with Gasteiger partial charge < -0.3 is 10.1 Å². The fourth-order valence-electron chi connectivity index (χ4n) is 1.61. The summed E-state index contributed by atoms with van der Waals surface area (Å²) in [6.45, 7) is 9.74. The first kappa shape index (κ1) is 11.3. The number of hydrogen-bond acceptors (Lipinski definition) is 3. The van der Waals surface area contributed by atoms with Gasteiger partial charge in [-0.3, -0.25) is 0 Å². The maximum atomic E-state index is 5.15. The van der Waals surface area contributed by atoms with Gasteiger partial charge in [-0.25, -0.2) is 0 Å². The average Bonchev–Trinajstić information content (AvgIpc) is 1.97. The Morgan fingerprint density at radius 1 is 1.46 bits per heavy atom. The lowest BCUT2D eigenvalue weighted by Gasteiger charge is -2.29. The van der Waals surface area contributed by atoms with Gasteiger partial charge >= 0.3 is 0 Å². The van der Waals surface area contributed by atoms with Gasteiger partial charge in [-0.15, -0.1) is 0 Å². The van der Waals surface area contributed by atoms with Gasteiger partial charge in [0.25, 0.3) is 0 Å². The van der Waals surface area contributed by atoms with Gasteiger partial charge in [-0.2, -0.15) is 11.8 Å². The van der Waals surface area contributed by atoms with E-state index in [2.05, 4.69) is 37.8 Å². The molecule has 0 aromatic heterocycles. The summed E-state index contributed by atoms with van der Waals surface area (Å²) in [5, 5.41) is 4.96.